The number of benzene rings is 1. The van der Waals surface area contributed by atoms with Gasteiger partial charge in [0.05, 0.1) is 18.4 Å². The molecular weight excluding hydrogens is 310 g/mol. The fourth-order valence-electron chi connectivity index (χ4n) is 2.95. The molecule has 0 fully saturated rings. The van der Waals surface area contributed by atoms with Crippen LogP contribution >= 0.6 is 0 Å². The zero-order valence-electron chi connectivity index (χ0n) is 15.7. The maximum Gasteiger partial charge on any atom is 0.122 e. The summed E-state index contributed by atoms with van der Waals surface area (Å²) in [6.45, 7) is 10.4. The lowest BCUT2D eigenvalue weighted by Gasteiger charge is -2.26. The van der Waals surface area contributed by atoms with E-state index in [1.54, 1.807) is 0 Å². The van der Waals surface area contributed by atoms with Crippen LogP contribution in [0, 0.1) is 13.8 Å². The van der Waals surface area contributed by atoms with Gasteiger partial charge in [-0.1, -0.05) is 12.1 Å². The third kappa shape index (κ3) is 3.82. The molecule has 0 spiro atoms. The van der Waals surface area contributed by atoms with E-state index in [1.807, 2.05) is 25.6 Å². The number of imidazole rings is 1. The van der Waals surface area contributed by atoms with E-state index in [1.165, 1.54) is 22.3 Å². The number of rotatable bonds is 6. The van der Waals surface area contributed by atoms with Crippen LogP contribution in [0.1, 0.15) is 36.4 Å². The average Bonchev–Trinajstić information content (AvgIpc) is 3.19. The van der Waals surface area contributed by atoms with Crippen molar-refractivity contribution in [1.82, 2.24) is 24.6 Å². The van der Waals surface area contributed by atoms with Crippen molar-refractivity contribution in [3.05, 3.63) is 59.3 Å². The molecule has 1 N–H and O–H groups in total. The molecular formula is C20H27N5. The number of aryl methyl sites for hydroxylation is 3. The lowest BCUT2D eigenvalue weighted by molar-refractivity contribution is 0.197. The summed E-state index contributed by atoms with van der Waals surface area (Å²) in [7, 11) is 2.04. The number of hydrogen-bond donors (Lipinski definition) is 1. The maximum atomic E-state index is 4.47. The minimum absolute atomic E-state index is 0.416. The first kappa shape index (κ1) is 17.4. The van der Waals surface area contributed by atoms with Gasteiger partial charge in [0.15, 0.2) is 0 Å². The van der Waals surface area contributed by atoms with Crippen LogP contribution in [0.5, 0.6) is 0 Å². The number of nitrogens with one attached hydrogen (secondary N) is 1. The monoisotopic (exact) mass is 337 g/mol. The van der Waals surface area contributed by atoms with Gasteiger partial charge in [-0.25, -0.2) is 4.98 Å². The summed E-state index contributed by atoms with van der Waals surface area (Å²) >= 11 is 0. The van der Waals surface area contributed by atoms with Crippen LogP contribution in [0.2, 0.25) is 0 Å². The zero-order valence-corrected chi connectivity index (χ0v) is 15.7. The van der Waals surface area contributed by atoms with E-state index in [2.05, 4.69) is 70.5 Å². The summed E-state index contributed by atoms with van der Waals surface area (Å²) in [6, 6.07) is 6.98. The van der Waals surface area contributed by atoms with Gasteiger partial charge >= 0.3 is 0 Å². The second kappa shape index (κ2) is 7.23. The highest BCUT2D eigenvalue weighted by molar-refractivity contribution is 5.64. The van der Waals surface area contributed by atoms with Gasteiger partial charge in [0.2, 0.25) is 0 Å². The predicted molar refractivity (Wildman–Crippen MR) is 101 cm³/mol. The molecule has 25 heavy (non-hydrogen) atoms. The molecule has 0 aliphatic heterocycles. The van der Waals surface area contributed by atoms with Gasteiger partial charge in [0, 0.05) is 43.2 Å². The van der Waals surface area contributed by atoms with Crippen molar-refractivity contribution < 1.29 is 0 Å². The number of nitrogens with zero attached hydrogens (tertiary/aromatic N) is 4. The lowest BCUT2D eigenvalue weighted by atomic mass is 10.0. The third-order valence-electron chi connectivity index (χ3n) is 4.88. The second-order valence-corrected chi connectivity index (χ2v) is 7.02. The molecule has 5 heteroatoms. The Labute approximate surface area is 149 Å². The highest BCUT2D eigenvalue weighted by atomic mass is 15.2. The van der Waals surface area contributed by atoms with Crippen molar-refractivity contribution in [2.75, 3.05) is 0 Å². The van der Waals surface area contributed by atoms with Crippen LogP contribution < -0.4 is 0 Å². The Bertz CT molecular complexity index is 843. The van der Waals surface area contributed by atoms with Crippen molar-refractivity contribution in [3.8, 4) is 11.3 Å². The molecule has 0 aliphatic rings. The minimum atomic E-state index is 0.416. The smallest absolute Gasteiger partial charge is 0.122 e. The van der Waals surface area contributed by atoms with Crippen molar-refractivity contribution in [2.24, 2.45) is 7.05 Å². The highest BCUT2D eigenvalue weighted by Crippen LogP contribution is 2.25. The molecule has 2 aromatic heterocycles. The van der Waals surface area contributed by atoms with E-state index in [0.29, 0.717) is 6.04 Å². The van der Waals surface area contributed by atoms with Crippen molar-refractivity contribution in [3.63, 3.8) is 0 Å². The standard InChI is InChI=1S/C20H27N5/c1-14(2)25(13-19-21-8-9-24(19)5)12-18-11-22-23-20(18)17-7-6-15(3)16(4)10-17/h6-11,14H,12-13H2,1-5H3,(H,22,23). The molecule has 0 unspecified atom stereocenters. The quantitative estimate of drug-likeness (QED) is 0.743. The number of hydrogen-bond acceptors (Lipinski definition) is 3. The Morgan fingerprint density at radius 1 is 1.16 bits per heavy atom. The highest BCUT2D eigenvalue weighted by Gasteiger charge is 2.17. The molecule has 0 atom stereocenters. The molecule has 0 amide bonds. The molecule has 2 heterocycles. The summed E-state index contributed by atoms with van der Waals surface area (Å²) in [5.74, 6) is 1.07. The van der Waals surface area contributed by atoms with Gasteiger partial charge in [0.25, 0.3) is 0 Å². The summed E-state index contributed by atoms with van der Waals surface area (Å²) in [5.41, 5.74) is 6.12. The van der Waals surface area contributed by atoms with Crippen molar-refractivity contribution >= 4 is 0 Å². The van der Waals surface area contributed by atoms with Gasteiger partial charge in [-0.3, -0.25) is 10.00 Å². The van der Waals surface area contributed by atoms with Gasteiger partial charge in [-0.15, -0.1) is 0 Å². The second-order valence-electron chi connectivity index (χ2n) is 7.02. The van der Waals surface area contributed by atoms with E-state index >= 15 is 0 Å². The molecule has 0 saturated heterocycles. The van der Waals surface area contributed by atoms with E-state index in [9.17, 15) is 0 Å². The van der Waals surface area contributed by atoms with E-state index < -0.39 is 0 Å². The molecule has 0 radical (unpaired) electrons. The first-order valence-electron chi connectivity index (χ1n) is 8.76. The fourth-order valence-corrected chi connectivity index (χ4v) is 2.95. The van der Waals surface area contributed by atoms with E-state index in [4.69, 9.17) is 0 Å². The SMILES string of the molecule is Cc1ccc(-c2[nH]ncc2CN(Cc2nccn2C)C(C)C)cc1C. The molecule has 0 bridgehead atoms. The molecule has 0 saturated carbocycles. The van der Waals surface area contributed by atoms with Crippen LogP contribution in [-0.4, -0.2) is 30.7 Å². The van der Waals surface area contributed by atoms with Crippen molar-refractivity contribution in [2.45, 2.75) is 46.8 Å². The Morgan fingerprint density at radius 3 is 2.60 bits per heavy atom. The lowest BCUT2D eigenvalue weighted by Crippen LogP contribution is -2.31. The molecule has 5 nitrogen and oxygen atoms in total. The zero-order chi connectivity index (χ0) is 18.0. The maximum absolute atomic E-state index is 4.47. The normalized spacial score (nSPS) is 11.6. The van der Waals surface area contributed by atoms with Crippen LogP contribution in [0.4, 0.5) is 0 Å². The molecule has 3 rings (SSSR count). The predicted octanol–water partition coefficient (Wildman–Crippen LogP) is 3.84. The Hall–Kier alpha value is -2.40. The summed E-state index contributed by atoms with van der Waals surface area (Å²) in [5, 5.41) is 7.49. The van der Waals surface area contributed by atoms with Gasteiger partial charge in [0.1, 0.15) is 5.82 Å². The van der Waals surface area contributed by atoms with E-state index in [-0.39, 0.29) is 0 Å². The summed E-state index contributed by atoms with van der Waals surface area (Å²) in [6.07, 6.45) is 5.79. The molecule has 0 aliphatic carbocycles. The number of aromatic amines is 1. The summed E-state index contributed by atoms with van der Waals surface area (Å²) < 4.78 is 2.08. The first-order chi connectivity index (χ1) is 12.0. The van der Waals surface area contributed by atoms with Crippen LogP contribution in [-0.2, 0) is 20.1 Å². The van der Waals surface area contributed by atoms with E-state index in [0.717, 1.165) is 24.6 Å². The topological polar surface area (TPSA) is 49.7 Å². The number of H-pyrrole nitrogens is 1. The van der Waals surface area contributed by atoms with Crippen LogP contribution in [0.25, 0.3) is 11.3 Å². The van der Waals surface area contributed by atoms with Crippen LogP contribution in [0.3, 0.4) is 0 Å². The first-order valence-corrected chi connectivity index (χ1v) is 8.76. The summed E-state index contributed by atoms with van der Waals surface area (Å²) in [4.78, 5) is 6.88. The average molecular weight is 337 g/mol. The number of aromatic nitrogens is 4. The molecule has 132 valence electrons. The Balaban J connectivity index is 1.85. The Morgan fingerprint density at radius 2 is 1.96 bits per heavy atom. The van der Waals surface area contributed by atoms with Crippen molar-refractivity contribution in [1.29, 1.82) is 0 Å². The molecule has 3 aromatic rings. The third-order valence-corrected chi connectivity index (χ3v) is 4.88. The Kier molecular flexibility index (Phi) is 5.04. The molecule has 1 aromatic carbocycles. The largest absolute Gasteiger partial charge is 0.337 e. The van der Waals surface area contributed by atoms with Gasteiger partial charge < -0.3 is 4.57 Å². The fraction of sp³-hybridized carbons (Fsp3) is 0.400. The minimum Gasteiger partial charge on any atom is -0.337 e. The van der Waals surface area contributed by atoms with Gasteiger partial charge in [-0.2, -0.15) is 5.10 Å². The van der Waals surface area contributed by atoms with Gasteiger partial charge in [-0.05, 0) is 44.9 Å². The van der Waals surface area contributed by atoms with Crippen LogP contribution in [0.15, 0.2) is 36.8 Å².